The third-order valence-electron chi connectivity index (χ3n) is 6.38. The number of hydrogen-bond donors (Lipinski definition) is 1. The van der Waals surface area contributed by atoms with Crippen molar-refractivity contribution in [3.05, 3.63) is 17.5 Å². The number of rotatable bonds is 7. The van der Waals surface area contributed by atoms with Crippen LogP contribution in [-0.4, -0.2) is 46.5 Å². The summed E-state index contributed by atoms with van der Waals surface area (Å²) in [5, 5.41) is 4.06. The van der Waals surface area contributed by atoms with Gasteiger partial charge in [0, 0.05) is 12.2 Å². The van der Waals surface area contributed by atoms with Crippen LogP contribution in [0.3, 0.4) is 0 Å². The minimum Gasteiger partial charge on any atom is -0.466 e. The first-order chi connectivity index (χ1) is 14.1. The molecule has 9 heteroatoms. The summed E-state index contributed by atoms with van der Waals surface area (Å²) in [6.07, 6.45) is 5.75. The summed E-state index contributed by atoms with van der Waals surface area (Å²) in [7, 11) is 0. The van der Waals surface area contributed by atoms with Crippen LogP contribution in [0.2, 0.25) is 5.28 Å². The predicted molar refractivity (Wildman–Crippen MR) is 107 cm³/mol. The molecule has 3 saturated carbocycles. The zero-order chi connectivity index (χ0) is 20.5. The predicted octanol–water partition coefficient (Wildman–Crippen LogP) is 4.34. The minimum absolute atomic E-state index is 0.00919. The summed E-state index contributed by atoms with van der Waals surface area (Å²) in [5.74, 6) is 0.698. The number of nitrogens with zero attached hydrogens (tertiary/aromatic N) is 3. The van der Waals surface area contributed by atoms with Crippen LogP contribution in [0.5, 0.6) is 0 Å². The summed E-state index contributed by atoms with van der Waals surface area (Å²) >= 11 is 6.13. The zero-order valence-electron chi connectivity index (χ0n) is 16.3. The number of anilines is 1. The van der Waals surface area contributed by atoms with Gasteiger partial charge in [-0.15, -0.1) is 0 Å². The molecule has 0 aromatic carbocycles. The van der Waals surface area contributed by atoms with Gasteiger partial charge in [0.1, 0.15) is 24.8 Å². The van der Waals surface area contributed by atoms with E-state index in [0.29, 0.717) is 29.4 Å². The van der Waals surface area contributed by atoms with Crippen molar-refractivity contribution in [2.24, 2.45) is 17.8 Å². The Morgan fingerprint density at radius 3 is 2.62 bits per heavy atom. The van der Waals surface area contributed by atoms with Crippen molar-refractivity contribution in [1.82, 2.24) is 14.5 Å². The van der Waals surface area contributed by atoms with Crippen molar-refractivity contribution >= 4 is 34.4 Å². The van der Waals surface area contributed by atoms with E-state index < -0.39 is 19.4 Å². The van der Waals surface area contributed by atoms with Crippen molar-refractivity contribution in [1.29, 1.82) is 0 Å². The van der Waals surface area contributed by atoms with Crippen LogP contribution >= 0.6 is 11.6 Å². The quantitative estimate of drug-likeness (QED) is 0.526. The average Bonchev–Trinajstić information content (AvgIpc) is 3.14. The number of alkyl halides is 2. The molecule has 29 heavy (non-hydrogen) atoms. The van der Waals surface area contributed by atoms with Crippen molar-refractivity contribution < 1.29 is 18.3 Å². The second-order valence-electron chi connectivity index (χ2n) is 7.89. The fourth-order valence-electron chi connectivity index (χ4n) is 4.99. The standard InChI is InChI=1S/C20H25ClF2N4O2/c1-2-29-19(28)15-11-3-5-12(6-4-11)16(15)24-17-14-7-8-27(13(9-22)10-23)18(14)26-20(21)25-17/h7-8,11-13,15-16H,2-6,9-10H2,1H3,(H,24,25,26)/t11?,12?,15-,16-/m0/s1. The lowest BCUT2D eigenvalue weighted by atomic mass is 9.61. The van der Waals surface area contributed by atoms with Crippen LogP contribution in [0.1, 0.15) is 38.6 Å². The number of fused-ring (bicyclic) bond motifs is 4. The molecule has 3 aliphatic rings. The van der Waals surface area contributed by atoms with Crippen LogP contribution in [-0.2, 0) is 9.53 Å². The molecule has 158 valence electrons. The van der Waals surface area contributed by atoms with E-state index in [1.54, 1.807) is 12.3 Å². The van der Waals surface area contributed by atoms with E-state index in [9.17, 15) is 13.6 Å². The summed E-state index contributed by atoms with van der Waals surface area (Å²) in [6, 6.07) is 0.661. The highest BCUT2D eigenvalue weighted by Gasteiger charge is 2.48. The molecule has 0 amide bonds. The molecule has 5 rings (SSSR count). The first-order valence-corrected chi connectivity index (χ1v) is 10.5. The fourth-order valence-corrected chi connectivity index (χ4v) is 5.16. The molecule has 2 atom stereocenters. The number of carbonyl (C=O) groups is 1. The van der Waals surface area contributed by atoms with Crippen molar-refractivity contribution in [3.63, 3.8) is 0 Å². The Kier molecular flexibility index (Phi) is 5.90. The maximum atomic E-state index is 13.2. The van der Waals surface area contributed by atoms with Crippen molar-refractivity contribution in [2.45, 2.75) is 44.7 Å². The molecule has 3 aliphatic carbocycles. The van der Waals surface area contributed by atoms with Crippen LogP contribution in [0, 0.1) is 17.8 Å². The number of aromatic nitrogens is 3. The van der Waals surface area contributed by atoms with Gasteiger partial charge < -0.3 is 14.6 Å². The molecule has 2 aromatic heterocycles. The second-order valence-corrected chi connectivity index (χ2v) is 8.22. The number of nitrogens with one attached hydrogen (secondary N) is 1. The first kappa shape index (κ1) is 20.3. The van der Waals surface area contributed by atoms with Crippen molar-refractivity contribution in [3.8, 4) is 0 Å². The molecule has 0 aliphatic heterocycles. The minimum atomic E-state index is -0.954. The van der Waals surface area contributed by atoms with Gasteiger partial charge in [0.15, 0.2) is 0 Å². The molecular weight excluding hydrogens is 402 g/mol. The number of esters is 1. The molecule has 0 radical (unpaired) electrons. The summed E-state index contributed by atoms with van der Waals surface area (Å²) in [5.41, 5.74) is 0.376. The van der Waals surface area contributed by atoms with Gasteiger partial charge >= 0.3 is 5.97 Å². The molecule has 2 heterocycles. The Balaban J connectivity index is 1.70. The van der Waals surface area contributed by atoms with E-state index in [0.717, 1.165) is 25.7 Å². The van der Waals surface area contributed by atoms with Gasteiger partial charge in [-0.05, 0) is 62.1 Å². The normalized spacial score (nSPS) is 26.2. The van der Waals surface area contributed by atoms with Crippen LogP contribution in [0.25, 0.3) is 11.0 Å². The Hall–Kier alpha value is -1.96. The monoisotopic (exact) mass is 426 g/mol. The number of ether oxygens (including phenoxy) is 1. The zero-order valence-corrected chi connectivity index (χ0v) is 17.0. The van der Waals surface area contributed by atoms with Crippen LogP contribution < -0.4 is 5.32 Å². The van der Waals surface area contributed by atoms with Gasteiger partial charge in [0.25, 0.3) is 0 Å². The van der Waals surface area contributed by atoms with E-state index in [1.807, 2.05) is 6.92 Å². The van der Waals surface area contributed by atoms with Gasteiger partial charge in [0.05, 0.1) is 24.0 Å². The van der Waals surface area contributed by atoms with Gasteiger partial charge in [-0.3, -0.25) is 4.79 Å². The molecule has 0 saturated heterocycles. The molecule has 0 unspecified atom stereocenters. The van der Waals surface area contributed by atoms with E-state index >= 15 is 0 Å². The lowest BCUT2D eigenvalue weighted by Gasteiger charge is -2.47. The number of hydrogen-bond acceptors (Lipinski definition) is 5. The van der Waals surface area contributed by atoms with Crippen molar-refractivity contribution in [2.75, 3.05) is 25.3 Å². The van der Waals surface area contributed by atoms with E-state index in [1.165, 1.54) is 4.57 Å². The van der Waals surface area contributed by atoms with Crippen LogP contribution in [0.4, 0.5) is 14.6 Å². The second kappa shape index (κ2) is 8.42. The molecule has 2 bridgehead atoms. The number of halogens is 3. The topological polar surface area (TPSA) is 69.0 Å². The van der Waals surface area contributed by atoms with E-state index in [-0.39, 0.29) is 29.1 Å². The third-order valence-corrected chi connectivity index (χ3v) is 6.54. The molecule has 3 fully saturated rings. The Morgan fingerprint density at radius 2 is 1.97 bits per heavy atom. The van der Waals surface area contributed by atoms with Gasteiger partial charge in [-0.2, -0.15) is 4.98 Å². The summed E-state index contributed by atoms with van der Waals surface area (Å²) < 4.78 is 33.3. The molecule has 2 aromatic rings. The number of carbonyl (C=O) groups excluding carboxylic acids is 1. The Bertz CT molecular complexity index is 881. The fraction of sp³-hybridized carbons (Fsp3) is 0.650. The largest absolute Gasteiger partial charge is 0.466 e. The summed E-state index contributed by atoms with van der Waals surface area (Å²) in [4.78, 5) is 21.2. The maximum Gasteiger partial charge on any atom is 0.311 e. The smallest absolute Gasteiger partial charge is 0.311 e. The highest BCUT2D eigenvalue weighted by Crippen LogP contribution is 2.47. The van der Waals surface area contributed by atoms with E-state index in [2.05, 4.69) is 15.3 Å². The van der Waals surface area contributed by atoms with Gasteiger partial charge in [-0.25, -0.2) is 13.8 Å². The lowest BCUT2D eigenvalue weighted by Crippen LogP contribution is -2.52. The molecular formula is C20H25ClF2N4O2. The SMILES string of the molecule is CCOC(=O)[C@H]1C2CCC(CC2)[C@@H]1Nc1nc(Cl)nc2c1ccn2C(CF)CF. The maximum absolute atomic E-state index is 13.2. The highest BCUT2D eigenvalue weighted by molar-refractivity contribution is 6.28. The highest BCUT2D eigenvalue weighted by atomic mass is 35.5. The third kappa shape index (κ3) is 3.67. The Morgan fingerprint density at radius 1 is 1.28 bits per heavy atom. The molecule has 1 N–H and O–H groups in total. The summed E-state index contributed by atoms with van der Waals surface area (Å²) in [6.45, 7) is 0.466. The van der Waals surface area contributed by atoms with Crippen LogP contribution in [0.15, 0.2) is 12.3 Å². The lowest BCUT2D eigenvalue weighted by molar-refractivity contribution is -0.154. The van der Waals surface area contributed by atoms with Gasteiger partial charge in [0.2, 0.25) is 5.28 Å². The first-order valence-electron chi connectivity index (χ1n) is 10.2. The van der Waals surface area contributed by atoms with E-state index in [4.69, 9.17) is 16.3 Å². The molecule has 0 spiro atoms. The average molecular weight is 427 g/mol. The van der Waals surface area contributed by atoms with Gasteiger partial charge in [-0.1, -0.05) is 0 Å². The molecule has 6 nitrogen and oxygen atoms in total. The Labute approximate surface area is 173 Å².